The molecule has 2 aromatic heterocycles. The Morgan fingerprint density at radius 3 is 2.59 bits per heavy atom. The van der Waals surface area contributed by atoms with Gasteiger partial charge in [-0.25, -0.2) is 9.36 Å². The number of aromatic nitrogens is 4. The molecule has 4 saturated carbocycles. The van der Waals surface area contributed by atoms with Crippen LogP contribution in [0, 0.1) is 23.2 Å². The number of rotatable bonds is 7. The molecule has 4 bridgehead atoms. The lowest BCUT2D eigenvalue weighted by molar-refractivity contribution is -0.137. The van der Waals surface area contributed by atoms with Crippen LogP contribution in [-0.2, 0) is 4.79 Å². The van der Waals surface area contributed by atoms with Gasteiger partial charge in [0.1, 0.15) is 5.56 Å². The van der Waals surface area contributed by atoms with Crippen LogP contribution in [0.5, 0.6) is 0 Å². The number of amides is 2. The number of nitrogens with zero attached hydrogens (tertiary/aromatic N) is 4. The van der Waals surface area contributed by atoms with Crippen molar-refractivity contribution >= 4 is 18.0 Å². The molecule has 2 unspecified atom stereocenters. The van der Waals surface area contributed by atoms with E-state index < -0.39 is 11.0 Å². The highest BCUT2D eigenvalue weighted by molar-refractivity contribution is 5.97. The highest BCUT2D eigenvalue weighted by Crippen LogP contribution is 2.55. The molecule has 2 atom stereocenters. The number of carbonyl (C=O) groups excluding carboxylic acids is 2. The van der Waals surface area contributed by atoms with Crippen LogP contribution >= 0.6 is 0 Å². The molecule has 2 heterocycles. The molecule has 6 rings (SSSR count). The molecule has 0 saturated heterocycles. The molecule has 0 radical (unpaired) electrons. The van der Waals surface area contributed by atoms with Gasteiger partial charge in [-0.2, -0.15) is 10.2 Å². The molecule has 3 N–H and O–H groups in total. The topological polar surface area (TPSA) is 114 Å². The fourth-order valence-electron chi connectivity index (χ4n) is 6.41. The van der Waals surface area contributed by atoms with Crippen LogP contribution in [-0.4, -0.2) is 54.7 Å². The predicted octanol–water partition coefficient (Wildman–Crippen LogP) is 2.37. The first-order valence-corrected chi connectivity index (χ1v) is 12.3. The van der Waals surface area contributed by atoms with E-state index in [1.54, 1.807) is 46.3 Å². The van der Waals surface area contributed by atoms with E-state index in [2.05, 4.69) is 20.8 Å². The number of aliphatic hydroxyl groups is 1. The van der Waals surface area contributed by atoms with Gasteiger partial charge in [-0.15, -0.1) is 0 Å². The van der Waals surface area contributed by atoms with Crippen molar-refractivity contribution in [3.63, 3.8) is 0 Å². The van der Waals surface area contributed by atoms with Crippen molar-refractivity contribution < 1.29 is 14.7 Å². The van der Waals surface area contributed by atoms with Gasteiger partial charge in [0, 0.05) is 31.2 Å². The van der Waals surface area contributed by atoms with Gasteiger partial charge < -0.3 is 15.7 Å². The highest BCUT2D eigenvalue weighted by atomic mass is 16.3. The van der Waals surface area contributed by atoms with Gasteiger partial charge in [0.05, 0.1) is 17.2 Å². The molecular formula is C25H34N6O3. The van der Waals surface area contributed by atoms with E-state index in [1.165, 1.54) is 0 Å². The molecule has 4 aliphatic rings. The minimum absolute atomic E-state index is 0.0744. The Morgan fingerprint density at radius 1 is 1.24 bits per heavy atom. The molecule has 0 aliphatic heterocycles. The van der Waals surface area contributed by atoms with Gasteiger partial charge >= 0.3 is 0 Å². The van der Waals surface area contributed by atoms with Crippen molar-refractivity contribution in [2.24, 2.45) is 23.2 Å². The van der Waals surface area contributed by atoms with Crippen LogP contribution in [0.1, 0.15) is 63.2 Å². The molecule has 2 amide bonds. The smallest absolute Gasteiger partial charge is 0.257 e. The summed E-state index contributed by atoms with van der Waals surface area (Å²) in [5.41, 5.74) is -0.853. The summed E-state index contributed by atoms with van der Waals surface area (Å²) < 4.78 is 3.20. The lowest BCUT2D eigenvalue weighted by atomic mass is 9.52. The van der Waals surface area contributed by atoms with Crippen molar-refractivity contribution in [2.45, 2.75) is 64.5 Å². The lowest BCUT2D eigenvalue weighted by Gasteiger charge is -2.58. The van der Waals surface area contributed by atoms with E-state index >= 15 is 0 Å². The van der Waals surface area contributed by atoms with E-state index in [9.17, 15) is 14.7 Å². The standard InChI is InChI=1S/C25H34N6O3/c1-4-26-23(33)24(2,3)6-9-31-22(30-8-5-7-27-30)19(15-28-31)21(32)29-20-17-10-16-11-18(20)14-25(34,12-16)13-17/h5-9,15-18,20,34H,4,10-14H2,1-3H3,(H,26,33)(H,29,32)/b9-6+. The fourth-order valence-corrected chi connectivity index (χ4v) is 6.41. The van der Waals surface area contributed by atoms with Gasteiger partial charge in [-0.3, -0.25) is 9.59 Å². The minimum atomic E-state index is -0.744. The molecule has 9 heteroatoms. The van der Waals surface area contributed by atoms with Crippen LogP contribution in [0.4, 0.5) is 0 Å². The molecule has 4 aliphatic carbocycles. The lowest BCUT2D eigenvalue weighted by Crippen LogP contribution is -2.61. The van der Waals surface area contributed by atoms with E-state index in [1.807, 2.05) is 20.8 Å². The largest absolute Gasteiger partial charge is 0.390 e. The Hall–Kier alpha value is -2.94. The predicted molar refractivity (Wildman–Crippen MR) is 127 cm³/mol. The molecule has 0 aromatic carbocycles. The number of nitrogens with one attached hydrogen (secondary N) is 2. The molecule has 2 aromatic rings. The zero-order valence-corrected chi connectivity index (χ0v) is 20.1. The van der Waals surface area contributed by atoms with Crippen LogP contribution in [0.15, 0.2) is 30.7 Å². The fraction of sp³-hybridized carbons (Fsp3) is 0.600. The Morgan fingerprint density at radius 2 is 1.97 bits per heavy atom. The van der Waals surface area contributed by atoms with E-state index in [0.29, 0.717) is 35.7 Å². The normalized spacial score (nSPS) is 30.1. The second-order valence-electron chi connectivity index (χ2n) is 10.9. The number of hydrogen-bond acceptors (Lipinski definition) is 5. The SMILES string of the molecule is CCNC(=O)C(C)(C)/C=C/n1ncc(C(=O)NC2C3CC4CC2CC(O)(C4)C3)c1-n1cccn1. The Balaban J connectivity index is 1.40. The Bertz CT molecular complexity index is 1090. The third-order valence-corrected chi connectivity index (χ3v) is 7.83. The number of carbonyl (C=O) groups is 2. The van der Waals surface area contributed by atoms with Crippen molar-refractivity contribution in [3.8, 4) is 5.82 Å². The van der Waals surface area contributed by atoms with E-state index in [4.69, 9.17) is 0 Å². The third kappa shape index (κ3) is 4.06. The summed E-state index contributed by atoms with van der Waals surface area (Å²) in [6.45, 7) is 6.11. The summed E-state index contributed by atoms with van der Waals surface area (Å²) in [5.74, 6) is 1.48. The van der Waals surface area contributed by atoms with Gasteiger partial charge in [0.15, 0.2) is 5.82 Å². The molecule has 4 fully saturated rings. The Labute approximate surface area is 199 Å². The van der Waals surface area contributed by atoms with Crippen molar-refractivity contribution in [1.82, 2.24) is 30.2 Å². The summed E-state index contributed by atoms with van der Waals surface area (Å²) in [6.07, 6.45) is 13.1. The minimum Gasteiger partial charge on any atom is -0.390 e. The monoisotopic (exact) mass is 466 g/mol. The first-order chi connectivity index (χ1) is 16.2. The van der Waals surface area contributed by atoms with Crippen LogP contribution in [0.3, 0.4) is 0 Å². The average molecular weight is 467 g/mol. The molecule has 34 heavy (non-hydrogen) atoms. The molecular weight excluding hydrogens is 432 g/mol. The zero-order valence-electron chi connectivity index (χ0n) is 20.1. The maximum Gasteiger partial charge on any atom is 0.257 e. The van der Waals surface area contributed by atoms with Crippen LogP contribution in [0.2, 0.25) is 0 Å². The van der Waals surface area contributed by atoms with Crippen molar-refractivity contribution in [2.75, 3.05) is 6.54 Å². The van der Waals surface area contributed by atoms with Gasteiger partial charge in [-0.05, 0) is 76.7 Å². The second kappa shape index (κ2) is 8.37. The van der Waals surface area contributed by atoms with Gasteiger partial charge in [-0.1, -0.05) is 6.08 Å². The summed E-state index contributed by atoms with van der Waals surface area (Å²) in [4.78, 5) is 25.9. The van der Waals surface area contributed by atoms with Gasteiger partial charge in [0.2, 0.25) is 5.91 Å². The quantitative estimate of drug-likeness (QED) is 0.580. The average Bonchev–Trinajstić information content (AvgIpc) is 3.43. The van der Waals surface area contributed by atoms with Crippen molar-refractivity contribution in [1.29, 1.82) is 0 Å². The highest BCUT2D eigenvalue weighted by Gasteiger charge is 2.55. The maximum absolute atomic E-state index is 13.5. The number of hydrogen-bond donors (Lipinski definition) is 3. The molecule has 182 valence electrons. The Kier molecular flexibility index (Phi) is 5.62. The van der Waals surface area contributed by atoms with Gasteiger partial charge in [0.25, 0.3) is 5.91 Å². The van der Waals surface area contributed by atoms with Crippen LogP contribution in [0.25, 0.3) is 12.0 Å². The summed E-state index contributed by atoms with van der Waals surface area (Å²) in [7, 11) is 0. The first kappa shape index (κ1) is 22.8. The maximum atomic E-state index is 13.5. The first-order valence-electron chi connectivity index (χ1n) is 12.3. The summed E-state index contributed by atoms with van der Waals surface area (Å²) in [6, 6.07) is 1.87. The summed E-state index contributed by atoms with van der Waals surface area (Å²) >= 11 is 0. The zero-order chi connectivity index (χ0) is 24.1. The van der Waals surface area contributed by atoms with E-state index in [-0.39, 0.29) is 17.9 Å². The van der Waals surface area contributed by atoms with Crippen LogP contribution < -0.4 is 10.6 Å². The molecule has 0 spiro atoms. The third-order valence-electron chi connectivity index (χ3n) is 7.83. The van der Waals surface area contributed by atoms with E-state index in [0.717, 1.165) is 32.1 Å². The molecule has 9 nitrogen and oxygen atoms in total. The van der Waals surface area contributed by atoms with Crippen molar-refractivity contribution in [3.05, 3.63) is 36.3 Å². The summed E-state index contributed by atoms with van der Waals surface area (Å²) in [5, 5.41) is 25.8. The second-order valence-corrected chi connectivity index (χ2v) is 10.9.